The molecule has 0 fully saturated rings. The van der Waals surface area contributed by atoms with E-state index in [1.54, 1.807) is 0 Å². The Morgan fingerprint density at radius 1 is 0.545 bits per heavy atom. The van der Waals surface area contributed by atoms with Gasteiger partial charge in [-0.1, -0.05) is 116 Å². The highest BCUT2D eigenvalue weighted by molar-refractivity contribution is 6.08. The van der Waals surface area contributed by atoms with Crippen molar-refractivity contribution in [2.75, 3.05) is 0 Å². The third kappa shape index (κ3) is 28.2. The Balaban J connectivity index is 0. The van der Waals surface area contributed by atoms with Crippen LogP contribution in [0.25, 0.3) is 0 Å². The maximum absolute atomic E-state index is 8.40. The first-order valence-electron chi connectivity index (χ1n) is 9.82. The van der Waals surface area contributed by atoms with Crippen molar-refractivity contribution in [3.05, 3.63) is 0 Å². The zero-order valence-electron chi connectivity index (χ0n) is 15.3. The van der Waals surface area contributed by atoms with Crippen molar-refractivity contribution in [2.45, 2.75) is 116 Å². The Bertz CT molecular complexity index is 201. The fourth-order valence-electron chi connectivity index (χ4n) is 2.80. The lowest BCUT2D eigenvalue weighted by molar-refractivity contribution is 0.497. The minimum absolute atomic E-state index is 1.38. The maximum atomic E-state index is 8.40. The van der Waals surface area contributed by atoms with Crippen LogP contribution in [0.3, 0.4) is 0 Å². The maximum Gasteiger partial charge on any atom is 0.549 e. The van der Waals surface area contributed by atoms with Gasteiger partial charge < -0.3 is 0 Å². The molecule has 0 saturated heterocycles. The quantitative estimate of drug-likeness (QED) is 0.277. The van der Waals surface area contributed by atoms with Gasteiger partial charge in [0.15, 0.2) is 0 Å². The van der Waals surface area contributed by atoms with Crippen LogP contribution in [0, 0.1) is 0 Å². The number of rotatable bonds is 16. The number of unbranched alkanes of at least 4 members (excludes halogenated alkanes) is 15. The van der Waals surface area contributed by atoms with Gasteiger partial charge in [0.1, 0.15) is 0 Å². The number of hydrogen-bond donors (Lipinski definition) is 0. The molecule has 0 aromatic carbocycles. The van der Waals surface area contributed by atoms with Gasteiger partial charge in [0.25, 0.3) is 0 Å². The fraction of sp³-hybridized carbons (Fsp3) is 1.00. The average Bonchev–Trinajstić information content (AvgIpc) is 2.52. The summed E-state index contributed by atoms with van der Waals surface area (Å²) in [5, 5.41) is 0. The Morgan fingerprint density at radius 3 is 1.00 bits per heavy atom. The van der Waals surface area contributed by atoms with Crippen molar-refractivity contribution in [3.63, 3.8) is 0 Å². The Kier molecular flexibility index (Phi) is 28.7. The molecule has 22 heavy (non-hydrogen) atoms. The SMILES string of the molecule is CCCCCCCCCCCCCCCCCC[SiH3].O=[Si]=O. The van der Waals surface area contributed by atoms with Crippen LogP contribution in [0.2, 0.25) is 6.04 Å². The summed E-state index contributed by atoms with van der Waals surface area (Å²) in [4.78, 5) is 0. The van der Waals surface area contributed by atoms with Crippen LogP contribution < -0.4 is 0 Å². The van der Waals surface area contributed by atoms with E-state index in [4.69, 9.17) is 8.92 Å². The van der Waals surface area contributed by atoms with E-state index in [0.29, 0.717) is 0 Å². The topological polar surface area (TPSA) is 34.1 Å². The molecule has 0 aliphatic heterocycles. The second-order valence-corrected chi connectivity index (χ2v) is 7.55. The lowest BCUT2D eigenvalue weighted by Gasteiger charge is -2.03. The normalized spacial score (nSPS) is 10.0. The van der Waals surface area contributed by atoms with Crippen LogP contribution in [0.5, 0.6) is 0 Å². The van der Waals surface area contributed by atoms with Crippen molar-refractivity contribution in [1.82, 2.24) is 0 Å². The summed E-state index contributed by atoms with van der Waals surface area (Å²) >= 11 is 0. The van der Waals surface area contributed by atoms with Gasteiger partial charge in [-0.3, -0.25) is 8.92 Å². The van der Waals surface area contributed by atoms with Crippen LogP contribution in [0.4, 0.5) is 0 Å². The monoisotopic (exact) mass is 344 g/mol. The smallest absolute Gasteiger partial charge is 0.274 e. The standard InChI is InChI=1S/C18H40Si.O2Si/c1-2-3-4-5-6-7-8-9-10-11-12-13-14-15-16-17-18-19;1-3-2/h2-18H2,1,19H3;. The molecule has 0 aliphatic carbocycles. The second-order valence-electron chi connectivity index (χ2n) is 6.39. The highest BCUT2D eigenvalue weighted by Crippen LogP contribution is 2.13. The molecular formula is C18H40O2Si2. The summed E-state index contributed by atoms with van der Waals surface area (Å²) in [5.74, 6) is 0. The molecule has 0 spiro atoms. The van der Waals surface area contributed by atoms with Crippen LogP contribution >= 0.6 is 0 Å². The fourth-order valence-corrected chi connectivity index (χ4v) is 3.30. The zero-order chi connectivity index (χ0) is 16.7. The molecule has 0 saturated carbocycles. The van der Waals surface area contributed by atoms with E-state index in [2.05, 4.69) is 6.92 Å². The van der Waals surface area contributed by atoms with Crippen molar-refractivity contribution >= 4 is 19.5 Å². The summed E-state index contributed by atoms with van der Waals surface area (Å²) in [6, 6.07) is 1.51. The highest BCUT2D eigenvalue weighted by atomic mass is 28.2. The summed E-state index contributed by atoms with van der Waals surface area (Å²) < 4.78 is 16.8. The van der Waals surface area contributed by atoms with E-state index in [0.717, 1.165) is 0 Å². The molecule has 0 heterocycles. The first-order chi connectivity index (χ1) is 10.8. The van der Waals surface area contributed by atoms with Crippen LogP contribution in [0.1, 0.15) is 110 Å². The molecular weight excluding hydrogens is 304 g/mol. The van der Waals surface area contributed by atoms with Crippen LogP contribution in [-0.2, 0) is 8.92 Å². The third-order valence-corrected chi connectivity index (χ3v) is 4.91. The van der Waals surface area contributed by atoms with E-state index >= 15 is 0 Å². The van der Waals surface area contributed by atoms with E-state index in [-0.39, 0.29) is 0 Å². The molecule has 0 unspecified atom stereocenters. The van der Waals surface area contributed by atoms with Crippen molar-refractivity contribution in [2.24, 2.45) is 0 Å². The Labute approximate surface area is 144 Å². The highest BCUT2D eigenvalue weighted by Gasteiger charge is 1.94. The molecule has 0 aromatic heterocycles. The van der Waals surface area contributed by atoms with Gasteiger partial charge in [-0.25, -0.2) is 0 Å². The van der Waals surface area contributed by atoms with E-state index in [1.165, 1.54) is 119 Å². The van der Waals surface area contributed by atoms with Crippen molar-refractivity contribution < 1.29 is 8.92 Å². The van der Waals surface area contributed by atoms with Crippen molar-refractivity contribution in [3.8, 4) is 0 Å². The van der Waals surface area contributed by atoms with Gasteiger partial charge in [0.2, 0.25) is 0 Å². The number of hydrogen-bond acceptors (Lipinski definition) is 2. The van der Waals surface area contributed by atoms with Gasteiger partial charge in [-0.05, 0) is 0 Å². The lowest BCUT2D eigenvalue weighted by atomic mass is 10.0. The molecule has 0 amide bonds. The predicted molar refractivity (Wildman–Crippen MR) is 101 cm³/mol. The van der Waals surface area contributed by atoms with E-state index in [1.807, 2.05) is 0 Å². The third-order valence-electron chi connectivity index (χ3n) is 4.21. The van der Waals surface area contributed by atoms with Crippen molar-refractivity contribution in [1.29, 1.82) is 0 Å². The molecule has 2 nitrogen and oxygen atoms in total. The first kappa shape index (κ1) is 24.3. The summed E-state index contributed by atoms with van der Waals surface area (Å²) in [5.41, 5.74) is 0. The Hall–Kier alpha value is 0.0338. The summed E-state index contributed by atoms with van der Waals surface area (Å²) in [7, 11) is -0.00659. The molecule has 0 radical (unpaired) electrons. The van der Waals surface area contributed by atoms with Crippen LogP contribution in [-0.4, -0.2) is 19.5 Å². The van der Waals surface area contributed by atoms with Gasteiger partial charge in [-0.15, -0.1) is 0 Å². The minimum Gasteiger partial charge on any atom is -0.274 e. The minimum atomic E-state index is -1.42. The summed E-state index contributed by atoms with van der Waals surface area (Å²) in [6.45, 7) is 2.30. The zero-order valence-corrected chi connectivity index (χ0v) is 18.3. The lowest BCUT2D eigenvalue weighted by Crippen LogP contribution is -1.83. The molecule has 0 bridgehead atoms. The van der Waals surface area contributed by atoms with Gasteiger partial charge >= 0.3 is 9.29 Å². The van der Waals surface area contributed by atoms with E-state index in [9.17, 15) is 0 Å². The van der Waals surface area contributed by atoms with Crippen LogP contribution in [0.15, 0.2) is 0 Å². The Morgan fingerprint density at radius 2 is 0.773 bits per heavy atom. The second kappa shape index (κ2) is 26.0. The molecule has 0 atom stereocenters. The first-order valence-corrected chi connectivity index (χ1v) is 12.1. The van der Waals surface area contributed by atoms with E-state index < -0.39 is 9.29 Å². The largest absolute Gasteiger partial charge is 0.549 e. The van der Waals surface area contributed by atoms with Gasteiger partial charge in [-0.2, -0.15) is 0 Å². The molecule has 0 N–H and O–H groups in total. The predicted octanol–water partition coefficient (Wildman–Crippen LogP) is 5.41. The van der Waals surface area contributed by atoms with Gasteiger partial charge in [0, 0.05) is 10.2 Å². The summed E-state index contributed by atoms with van der Waals surface area (Å²) in [6.07, 6.45) is 23.7. The van der Waals surface area contributed by atoms with Gasteiger partial charge in [0.05, 0.1) is 0 Å². The molecule has 0 aromatic rings. The molecule has 0 rings (SSSR count). The molecule has 4 heteroatoms. The average molecular weight is 345 g/mol. The molecule has 0 aliphatic rings. The molecule has 132 valence electrons.